The van der Waals surface area contributed by atoms with Gasteiger partial charge in [-0.25, -0.2) is 4.98 Å². The molecule has 1 fully saturated rings. The minimum atomic E-state index is -0.670. The minimum Gasteiger partial charge on any atom is -0.481 e. The van der Waals surface area contributed by atoms with Gasteiger partial charge in [-0.3, -0.25) is 4.79 Å². The van der Waals surface area contributed by atoms with Gasteiger partial charge in [0.05, 0.1) is 0 Å². The number of carbonyl (C=O) groups is 1. The Morgan fingerprint density at radius 2 is 1.92 bits per heavy atom. The first-order chi connectivity index (χ1) is 12.2. The van der Waals surface area contributed by atoms with Gasteiger partial charge in [-0.1, -0.05) is 30.3 Å². The van der Waals surface area contributed by atoms with Crippen molar-refractivity contribution in [1.82, 2.24) is 4.98 Å². The van der Waals surface area contributed by atoms with Gasteiger partial charge in [0.15, 0.2) is 0 Å². The van der Waals surface area contributed by atoms with Gasteiger partial charge in [0, 0.05) is 19.2 Å². The third-order valence-electron chi connectivity index (χ3n) is 5.01. The number of carboxylic acids is 1. The zero-order chi connectivity index (χ0) is 17.5. The molecule has 4 heteroatoms. The first-order valence-electron chi connectivity index (χ1n) is 9.16. The Balaban J connectivity index is 1.33. The maximum atomic E-state index is 10.7. The lowest BCUT2D eigenvalue weighted by molar-refractivity contribution is -0.138. The number of unbranched alkanes of at least 4 members (excludes halogenated alkanes) is 1. The summed E-state index contributed by atoms with van der Waals surface area (Å²) in [6.07, 6.45) is 7.53. The molecule has 0 aliphatic heterocycles. The standard InChI is InChI=1S/C21H26N2O2/c24-21(25)15-17-13-19(14-17)18-9-7-16(8-10-18)5-1-3-11-22-20-6-2-4-12-23-20/h2,4,6-10,12,17,19H,1,3,5,11,13-15H2,(H,22,23)(H,24,25). The van der Waals surface area contributed by atoms with Crippen LogP contribution in [0, 0.1) is 5.92 Å². The second kappa shape index (κ2) is 8.65. The highest BCUT2D eigenvalue weighted by molar-refractivity contribution is 5.67. The van der Waals surface area contributed by atoms with Crippen LogP contribution < -0.4 is 5.32 Å². The molecule has 1 saturated carbocycles. The van der Waals surface area contributed by atoms with Crippen molar-refractivity contribution in [3.8, 4) is 0 Å². The molecule has 0 bridgehead atoms. The number of carboxylic acid groups (broad SMARTS) is 1. The van der Waals surface area contributed by atoms with E-state index in [4.69, 9.17) is 5.11 Å². The summed E-state index contributed by atoms with van der Waals surface area (Å²) >= 11 is 0. The second-order valence-electron chi connectivity index (χ2n) is 6.97. The maximum Gasteiger partial charge on any atom is 0.303 e. The first kappa shape index (κ1) is 17.5. The van der Waals surface area contributed by atoms with E-state index in [1.54, 1.807) is 6.20 Å². The largest absolute Gasteiger partial charge is 0.481 e. The topological polar surface area (TPSA) is 62.2 Å². The van der Waals surface area contributed by atoms with Crippen molar-refractivity contribution >= 4 is 11.8 Å². The summed E-state index contributed by atoms with van der Waals surface area (Å²) in [6.45, 7) is 0.947. The van der Waals surface area contributed by atoms with Gasteiger partial charge in [0.1, 0.15) is 5.82 Å². The van der Waals surface area contributed by atoms with E-state index in [-0.39, 0.29) is 0 Å². The fourth-order valence-electron chi connectivity index (χ4n) is 3.52. The molecule has 0 unspecified atom stereocenters. The van der Waals surface area contributed by atoms with E-state index >= 15 is 0 Å². The average Bonchev–Trinajstić information content (AvgIpc) is 2.59. The van der Waals surface area contributed by atoms with Crippen LogP contribution in [0.5, 0.6) is 0 Å². The predicted octanol–water partition coefficient (Wildman–Crippen LogP) is 4.48. The highest BCUT2D eigenvalue weighted by Crippen LogP contribution is 2.43. The Morgan fingerprint density at radius 3 is 2.60 bits per heavy atom. The average molecular weight is 338 g/mol. The molecule has 0 spiro atoms. The lowest BCUT2D eigenvalue weighted by Crippen LogP contribution is -2.24. The molecule has 0 saturated heterocycles. The van der Waals surface area contributed by atoms with E-state index in [9.17, 15) is 4.79 Å². The number of benzene rings is 1. The van der Waals surface area contributed by atoms with Gasteiger partial charge in [0.2, 0.25) is 0 Å². The second-order valence-corrected chi connectivity index (χ2v) is 6.97. The molecule has 1 aliphatic carbocycles. The fraction of sp³-hybridized carbons (Fsp3) is 0.429. The number of hydrogen-bond donors (Lipinski definition) is 2. The molecule has 1 aromatic heterocycles. The molecule has 1 aromatic carbocycles. The highest BCUT2D eigenvalue weighted by atomic mass is 16.4. The molecule has 0 amide bonds. The summed E-state index contributed by atoms with van der Waals surface area (Å²) in [6, 6.07) is 14.8. The van der Waals surface area contributed by atoms with Crippen molar-refractivity contribution in [3.63, 3.8) is 0 Å². The van der Waals surface area contributed by atoms with Crippen molar-refractivity contribution in [3.05, 3.63) is 59.8 Å². The van der Waals surface area contributed by atoms with E-state index < -0.39 is 5.97 Å². The Hall–Kier alpha value is -2.36. The van der Waals surface area contributed by atoms with E-state index in [2.05, 4.69) is 34.6 Å². The zero-order valence-corrected chi connectivity index (χ0v) is 14.5. The quantitative estimate of drug-likeness (QED) is 0.662. The number of nitrogens with one attached hydrogen (secondary N) is 1. The highest BCUT2D eigenvalue weighted by Gasteiger charge is 2.31. The van der Waals surface area contributed by atoms with Crippen LogP contribution in [0.4, 0.5) is 5.82 Å². The van der Waals surface area contributed by atoms with Crippen LogP contribution in [-0.2, 0) is 11.2 Å². The zero-order valence-electron chi connectivity index (χ0n) is 14.5. The van der Waals surface area contributed by atoms with Gasteiger partial charge in [-0.05, 0) is 67.2 Å². The summed E-state index contributed by atoms with van der Waals surface area (Å²) < 4.78 is 0. The normalized spacial score (nSPS) is 19.2. The predicted molar refractivity (Wildman–Crippen MR) is 99.8 cm³/mol. The number of nitrogens with zero attached hydrogens (tertiary/aromatic N) is 1. The van der Waals surface area contributed by atoms with Crippen LogP contribution in [0.25, 0.3) is 0 Å². The minimum absolute atomic E-state index is 0.321. The van der Waals surface area contributed by atoms with Gasteiger partial charge in [0.25, 0.3) is 0 Å². The molecule has 2 N–H and O–H groups in total. The van der Waals surface area contributed by atoms with Crippen molar-refractivity contribution in [2.24, 2.45) is 5.92 Å². The summed E-state index contributed by atoms with van der Waals surface area (Å²) in [5.74, 6) is 1.19. The summed E-state index contributed by atoms with van der Waals surface area (Å²) in [4.78, 5) is 15.0. The van der Waals surface area contributed by atoms with Gasteiger partial charge >= 0.3 is 5.97 Å². The molecule has 0 radical (unpaired) electrons. The summed E-state index contributed by atoms with van der Waals surface area (Å²) in [7, 11) is 0. The number of aliphatic carboxylic acids is 1. The molecular formula is C21H26N2O2. The number of rotatable bonds is 9. The summed E-state index contributed by atoms with van der Waals surface area (Å²) in [5, 5.41) is 12.2. The molecule has 25 heavy (non-hydrogen) atoms. The van der Waals surface area contributed by atoms with Crippen molar-refractivity contribution < 1.29 is 9.90 Å². The Kier molecular flexibility index (Phi) is 6.04. The van der Waals surface area contributed by atoms with E-state index in [1.807, 2.05) is 18.2 Å². The van der Waals surface area contributed by atoms with Gasteiger partial charge in [-0.15, -0.1) is 0 Å². The smallest absolute Gasteiger partial charge is 0.303 e. The molecule has 2 aromatic rings. The number of aromatic nitrogens is 1. The molecule has 132 valence electrons. The third kappa shape index (κ3) is 5.31. The monoisotopic (exact) mass is 338 g/mol. The van der Waals surface area contributed by atoms with Crippen molar-refractivity contribution in [2.75, 3.05) is 11.9 Å². The molecule has 1 aliphatic rings. The lowest BCUT2D eigenvalue weighted by atomic mass is 9.70. The van der Waals surface area contributed by atoms with Crippen molar-refractivity contribution in [1.29, 1.82) is 0 Å². The van der Waals surface area contributed by atoms with Gasteiger partial charge in [-0.2, -0.15) is 0 Å². The van der Waals surface area contributed by atoms with Crippen LogP contribution >= 0.6 is 0 Å². The Morgan fingerprint density at radius 1 is 1.12 bits per heavy atom. The Bertz CT molecular complexity index is 664. The molecular weight excluding hydrogens is 312 g/mol. The SMILES string of the molecule is O=C(O)CC1CC(c2ccc(CCCCNc3ccccn3)cc2)C1. The van der Waals surface area contributed by atoms with Crippen molar-refractivity contribution in [2.45, 2.75) is 44.4 Å². The number of hydrogen-bond acceptors (Lipinski definition) is 3. The first-order valence-corrected chi connectivity index (χ1v) is 9.16. The molecule has 3 rings (SSSR count). The molecule has 0 atom stereocenters. The van der Waals surface area contributed by atoms with Crippen LogP contribution in [-0.4, -0.2) is 22.6 Å². The maximum absolute atomic E-state index is 10.7. The van der Waals surface area contributed by atoms with Gasteiger partial charge < -0.3 is 10.4 Å². The summed E-state index contributed by atoms with van der Waals surface area (Å²) in [5.41, 5.74) is 2.74. The van der Waals surface area contributed by atoms with Crippen LogP contribution in [0.1, 0.15) is 49.1 Å². The Labute approximate surface area is 149 Å². The van der Waals surface area contributed by atoms with E-state index in [1.165, 1.54) is 11.1 Å². The lowest BCUT2D eigenvalue weighted by Gasteiger charge is -2.34. The number of pyridine rings is 1. The third-order valence-corrected chi connectivity index (χ3v) is 5.01. The van der Waals surface area contributed by atoms with Crippen LogP contribution in [0.3, 0.4) is 0 Å². The molecule has 1 heterocycles. The fourth-order valence-corrected chi connectivity index (χ4v) is 3.52. The van der Waals surface area contributed by atoms with E-state index in [0.29, 0.717) is 18.3 Å². The molecule has 4 nitrogen and oxygen atoms in total. The number of aryl methyl sites for hydroxylation is 1. The van der Waals surface area contributed by atoms with Crippen LogP contribution in [0.15, 0.2) is 48.7 Å². The van der Waals surface area contributed by atoms with E-state index in [0.717, 1.165) is 44.5 Å². The van der Waals surface area contributed by atoms with Crippen LogP contribution in [0.2, 0.25) is 0 Å². The number of anilines is 1.